The molecule has 1 aliphatic heterocycles. The Balaban J connectivity index is 0.00000280. The minimum atomic E-state index is -2.95. The van der Waals surface area contributed by atoms with Crippen LogP contribution >= 0.6 is 24.0 Å². The lowest BCUT2D eigenvalue weighted by atomic mass is 10.1. The molecule has 1 aliphatic rings. The summed E-state index contributed by atoms with van der Waals surface area (Å²) in [5.74, 6) is 2.58. The van der Waals surface area contributed by atoms with Gasteiger partial charge in [-0.1, -0.05) is 0 Å². The van der Waals surface area contributed by atoms with Gasteiger partial charge in [-0.15, -0.1) is 24.0 Å². The molecule has 2 aromatic rings. The number of nitrogens with one attached hydrogen (secondary N) is 2. The maximum absolute atomic E-state index is 12.7. The fourth-order valence-electron chi connectivity index (χ4n) is 2.48. The number of ether oxygens (including phenoxy) is 3. The largest absolute Gasteiger partial charge is 0.454 e. The molecule has 0 spiro atoms. The molecule has 0 fully saturated rings. The number of aromatic nitrogens is 1. The summed E-state index contributed by atoms with van der Waals surface area (Å²) >= 11 is 0. The highest BCUT2D eigenvalue weighted by Crippen LogP contribution is 2.38. The molecular formula is C17H21F2IN4O4. The standard InChI is InChI=1S/C17H20F2N4O4.HI/c1-9-10(2)26-15(23-9)7-22-17(20-3)21-6-11-4-13-14(25-8-24-13)5-12(11)27-16(18)19;/h4-5,16H,6-8H2,1-3H3,(H2,20,21,22);1H. The smallest absolute Gasteiger partial charge is 0.387 e. The molecule has 0 radical (unpaired) electrons. The molecule has 2 heterocycles. The number of benzene rings is 1. The molecule has 8 nitrogen and oxygen atoms in total. The Morgan fingerprint density at radius 2 is 1.89 bits per heavy atom. The lowest BCUT2D eigenvalue weighted by molar-refractivity contribution is -0.0505. The number of aliphatic imine (C=N–C) groups is 1. The zero-order chi connectivity index (χ0) is 19.4. The number of oxazole rings is 1. The van der Waals surface area contributed by atoms with Crippen LogP contribution < -0.4 is 24.8 Å². The van der Waals surface area contributed by atoms with E-state index >= 15 is 0 Å². The summed E-state index contributed by atoms with van der Waals surface area (Å²) in [6.07, 6.45) is 0. The van der Waals surface area contributed by atoms with E-state index in [1.807, 2.05) is 13.8 Å². The minimum absolute atomic E-state index is 0. The highest BCUT2D eigenvalue weighted by molar-refractivity contribution is 14.0. The summed E-state index contributed by atoms with van der Waals surface area (Å²) in [5, 5.41) is 6.08. The van der Waals surface area contributed by atoms with Gasteiger partial charge in [-0.05, 0) is 19.9 Å². The molecule has 0 saturated heterocycles. The Kier molecular flexibility index (Phi) is 7.66. The van der Waals surface area contributed by atoms with Gasteiger partial charge in [0, 0.05) is 25.2 Å². The predicted octanol–water partition coefficient (Wildman–Crippen LogP) is 3.10. The lowest BCUT2D eigenvalue weighted by Gasteiger charge is -2.14. The van der Waals surface area contributed by atoms with Crippen LogP contribution in [0.25, 0.3) is 0 Å². The summed E-state index contributed by atoms with van der Waals surface area (Å²) in [7, 11) is 1.59. The number of nitrogens with zero attached hydrogens (tertiary/aromatic N) is 2. The first-order valence-corrected chi connectivity index (χ1v) is 8.21. The zero-order valence-electron chi connectivity index (χ0n) is 15.5. The number of guanidine groups is 1. The van der Waals surface area contributed by atoms with E-state index in [1.165, 1.54) is 6.07 Å². The number of halogens is 3. The third-order valence-electron chi connectivity index (χ3n) is 3.92. The van der Waals surface area contributed by atoms with Gasteiger partial charge < -0.3 is 29.3 Å². The normalized spacial score (nSPS) is 12.7. The van der Waals surface area contributed by atoms with Gasteiger partial charge in [-0.2, -0.15) is 8.78 Å². The van der Waals surface area contributed by atoms with Crippen LogP contribution in [0.5, 0.6) is 17.2 Å². The van der Waals surface area contributed by atoms with Crippen molar-refractivity contribution in [2.24, 2.45) is 4.99 Å². The molecule has 1 aromatic carbocycles. The van der Waals surface area contributed by atoms with Gasteiger partial charge in [0.2, 0.25) is 12.7 Å². The van der Waals surface area contributed by atoms with E-state index in [2.05, 4.69) is 25.3 Å². The molecule has 0 saturated carbocycles. The lowest BCUT2D eigenvalue weighted by Crippen LogP contribution is -2.36. The summed E-state index contributed by atoms with van der Waals surface area (Å²) in [4.78, 5) is 8.37. The van der Waals surface area contributed by atoms with Crippen LogP contribution in [-0.4, -0.2) is 31.4 Å². The molecule has 0 unspecified atom stereocenters. The quantitative estimate of drug-likeness (QED) is 0.351. The average molecular weight is 510 g/mol. The number of rotatable bonds is 6. The van der Waals surface area contributed by atoms with Crippen molar-refractivity contribution in [2.75, 3.05) is 13.8 Å². The Bertz CT molecular complexity index is 825. The molecule has 0 bridgehead atoms. The van der Waals surface area contributed by atoms with Crippen LogP contribution in [0.1, 0.15) is 22.9 Å². The van der Waals surface area contributed by atoms with Crippen molar-refractivity contribution in [2.45, 2.75) is 33.5 Å². The van der Waals surface area contributed by atoms with Crippen LogP contribution in [0.4, 0.5) is 8.78 Å². The van der Waals surface area contributed by atoms with E-state index in [4.69, 9.17) is 13.9 Å². The number of aryl methyl sites for hydroxylation is 2. The molecule has 0 amide bonds. The predicted molar refractivity (Wildman–Crippen MR) is 108 cm³/mol. The maximum Gasteiger partial charge on any atom is 0.387 e. The molecule has 2 N–H and O–H groups in total. The van der Waals surface area contributed by atoms with Crippen molar-refractivity contribution in [3.05, 3.63) is 35.0 Å². The molecule has 1 aromatic heterocycles. The minimum Gasteiger partial charge on any atom is -0.454 e. The SMILES string of the molecule is CN=C(NCc1nc(C)c(C)o1)NCc1cc2c(cc1OC(F)F)OCO2.I. The number of alkyl halides is 2. The van der Waals surface area contributed by atoms with Crippen molar-refractivity contribution in [1.29, 1.82) is 0 Å². The fraction of sp³-hybridized carbons (Fsp3) is 0.412. The maximum atomic E-state index is 12.7. The van der Waals surface area contributed by atoms with Crippen molar-refractivity contribution in [1.82, 2.24) is 15.6 Å². The Morgan fingerprint density at radius 3 is 2.50 bits per heavy atom. The van der Waals surface area contributed by atoms with Crippen LogP contribution in [-0.2, 0) is 13.1 Å². The molecule has 154 valence electrons. The highest BCUT2D eigenvalue weighted by Gasteiger charge is 2.20. The third-order valence-corrected chi connectivity index (χ3v) is 3.92. The van der Waals surface area contributed by atoms with E-state index in [9.17, 15) is 8.78 Å². The van der Waals surface area contributed by atoms with Gasteiger partial charge in [0.1, 0.15) is 11.5 Å². The molecule has 11 heteroatoms. The highest BCUT2D eigenvalue weighted by atomic mass is 127. The van der Waals surface area contributed by atoms with E-state index in [0.29, 0.717) is 35.5 Å². The first-order valence-electron chi connectivity index (χ1n) is 8.21. The monoisotopic (exact) mass is 510 g/mol. The fourth-order valence-corrected chi connectivity index (χ4v) is 2.48. The number of fused-ring (bicyclic) bond motifs is 1. The summed E-state index contributed by atoms with van der Waals surface area (Å²) < 4.78 is 46.0. The summed E-state index contributed by atoms with van der Waals surface area (Å²) in [6.45, 7) is 1.30. The second-order valence-electron chi connectivity index (χ2n) is 5.72. The van der Waals surface area contributed by atoms with E-state index in [0.717, 1.165) is 11.5 Å². The van der Waals surface area contributed by atoms with Crippen molar-refractivity contribution >= 4 is 29.9 Å². The van der Waals surface area contributed by atoms with E-state index < -0.39 is 6.61 Å². The Hall–Kier alpha value is -2.31. The molecule has 0 aliphatic carbocycles. The second-order valence-corrected chi connectivity index (χ2v) is 5.72. The first-order chi connectivity index (χ1) is 13.0. The van der Waals surface area contributed by atoms with Crippen LogP contribution in [0.3, 0.4) is 0 Å². The summed E-state index contributed by atoms with van der Waals surface area (Å²) in [6, 6.07) is 2.99. The van der Waals surface area contributed by atoms with E-state index in [1.54, 1.807) is 13.1 Å². The molecule has 3 rings (SSSR count). The average Bonchev–Trinajstić information content (AvgIpc) is 3.20. The molecule has 28 heavy (non-hydrogen) atoms. The number of hydrogen-bond acceptors (Lipinski definition) is 6. The zero-order valence-corrected chi connectivity index (χ0v) is 17.9. The second kappa shape index (κ2) is 9.75. The van der Waals surface area contributed by atoms with Gasteiger partial charge in [0.05, 0.1) is 12.2 Å². The van der Waals surface area contributed by atoms with Gasteiger partial charge in [0.15, 0.2) is 17.5 Å². The topological polar surface area (TPSA) is 90.1 Å². The first kappa shape index (κ1) is 22.0. The van der Waals surface area contributed by atoms with Crippen LogP contribution in [0.2, 0.25) is 0 Å². The van der Waals surface area contributed by atoms with Crippen molar-refractivity contribution in [3.63, 3.8) is 0 Å². The molecule has 0 atom stereocenters. The number of hydrogen-bond donors (Lipinski definition) is 2. The van der Waals surface area contributed by atoms with E-state index in [-0.39, 0.29) is 43.1 Å². The van der Waals surface area contributed by atoms with Crippen molar-refractivity contribution in [3.8, 4) is 17.2 Å². The Morgan fingerprint density at radius 1 is 1.21 bits per heavy atom. The van der Waals surface area contributed by atoms with Crippen LogP contribution in [0, 0.1) is 13.8 Å². The summed E-state index contributed by atoms with van der Waals surface area (Å²) in [5.41, 5.74) is 1.30. The third kappa shape index (κ3) is 5.36. The Labute approximate surface area is 177 Å². The molecular weight excluding hydrogens is 489 g/mol. The van der Waals surface area contributed by atoms with Crippen LogP contribution in [0.15, 0.2) is 21.5 Å². The van der Waals surface area contributed by atoms with Gasteiger partial charge in [0.25, 0.3) is 0 Å². The van der Waals surface area contributed by atoms with Crippen molar-refractivity contribution < 1.29 is 27.4 Å². The van der Waals surface area contributed by atoms with Gasteiger partial charge in [-0.25, -0.2) is 4.98 Å². The van der Waals surface area contributed by atoms with Gasteiger partial charge in [-0.3, -0.25) is 4.99 Å². The van der Waals surface area contributed by atoms with Gasteiger partial charge >= 0.3 is 6.61 Å².